The van der Waals surface area contributed by atoms with Crippen LogP contribution in [-0.4, -0.2) is 79.9 Å². The van der Waals surface area contributed by atoms with Crippen LogP contribution in [-0.2, 0) is 19.1 Å². The van der Waals surface area contributed by atoms with Crippen LogP contribution in [0.1, 0.15) is 82.9 Å². The van der Waals surface area contributed by atoms with Crippen molar-refractivity contribution >= 4 is 23.8 Å². The maximum atomic E-state index is 13.6. The van der Waals surface area contributed by atoms with Crippen LogP contribution in [0.4, 0.5) is 4.79 Å². The molecule has 0 radical (unpaired) electrons. The number of likely N-dealkylation sites (tertiary alicyclic amines) is 1. The molecule has 0 unspecified atom stereocenters. The summed E-state index contributed by atoms with van der Waals surface area (Å²) in [6.45, 7) is 6.89. The minimum atomic E-state index is -0.681. The smallest absolute Gasteiger partial charge is 0.407 e. The summed E-state index contributed by atoms with van der Waals surface area (Å²) in [6.07, 6.45) is 8.63. The predicted octanol–water partition coefficient (Wildman–Crippen LogP) is 6.21. The molecule has 2 saturated carbocycles. The summed E-state index contributed by atoms with van der Waals surface area (Å²) in [4.78, 5) is 69.9. The quantitative estimate of drug-likeness (QED) is 0.150. The third-order valence-corrected chi connectivity index (χ3v) is 12.4. The first kappa shape index (κ1) is 36.5. The zero-order valence-electron chi connectivity index (χ0n) is 31.9. The van der Waals surface area contributed by atoms with Gasteiger partial charge in [-0.25, -0.2) is 14.8 Å². The number of carbonyl (C=O) groups is 4. The van der Waals surface area contributed by atoms with Gasteiger partial charge in [-0.05, 0) is 78.5 Å². The number of carbonyl (C=O) groups excluding carboxylic acids is 4. The number of hydrogen-bond acceptors (Lipinski definition) is 7. The highest BCUT2D eigenvalue weighted by atomic mass is 16.5. The van der Waals surface area contributed by atoms with Gasteiger partial charge in [-0.15, -0.1) is 0 Å². The van der Waals surface area contributed by atoms with Gasteiger partial charge in [0.2, 0.25) is 17.7 Å². The molecule has 2 aliphatic carbocycles. The van der Waals surface area contributed by atoms with Gasteiger partial charge in [0.15, 0.2) is 0 Å². The topological polar surface area (TPSA) is 165 Å². The molecule has 4 heterocycles. The summed E-state index contributed by atoms with van der Waals surface area (Å²) in [5, 5.41) is 4.21. The van der Waals surface area contributed by atoms with Gasteiger partial charge in [0, 0.05) is 24.9 Å². The molecule has 8 rings (SSSR count). The largest absolute Gasteiger partial charge is 0.453 e. The molecule has 2 aromatic carbocycles. The van der Waals surface area contributed by atoms with E-state index in [1.165, 1.54) is 12.1 Å². The van der Waals surface area contributed by atoms with Crippen LogP contribution in [0.3, 0.4) is 0 Å². The lowest BCUT2D eigenvalue weighted by Gasteiger charge is -2.30. The molecule has 4 N–H and O–H groups in total. The number of benzene rings is 2. The maximum absolute atomic E-state index is 13.6. The summed E-state index contributed by atoms with van der Waals surface area (Å²) in [7, 11) is 1.29. The zero-order valence-corrected chi connectivity index (χ0v) is 31.9. The van der Waals surface area contributed by atoms with E-state index in [-0.39, 0.29) is 47.4 Å². The molecule has 288 valence electrons. The number of hydrogen-bond donors (Lipinski definition) is 4. The third kappa shape index (κ3) is 7.00. The van der Waals surface area contributed by atoms with E-state index in [1.807, 2.05) is 38.1 Å². The number of aromatic amines is 2. The zero-order chi connectivity index (χ0) is 38.4. The molecule has 2 bridgehead atoms. The Bertz CT molecular complexity index is 2060. The minimum Gasteiger partial charge on any atom is -0.453 e. The summed E-state index contributed by atoms with van der Waals surface area (Å²) < 4.78 is 4.76. The number of fused-ring (bicyclic) bond motifs is 2. The van der Waals surface area contributed by atoms with Gasteiger partial charge in [-0.3, -0.25) is 24.8 Å². The summed E-state index contributed by atoms with van der Waals surface area (Å²) in [5.41, 5.74) is 8.91. The van der Waals surface area contributed by atoms with E-state index < -0.39 is 12.1 Å². The number of ether oxygens (including phenoxy) is 1. The average molecular weight is 747 g/mol. The fourth-order valence-corrected chi connectivity index (χ4v) is 9.39. The molecule has 2 aliphatic heterocycles. The molecular weight excluding hydrogens is 697 g/mol. The molecule has 13 heteroatoms. The lowest BCUT2D eigenvalue weighted by Crippen LogP contribution is -2.51. The van der Waals surface area contributed by atoms with Crippen LogP contribution in [0.25, 0.3) is 33.6 Å². The van der Waals surface area contributed by atoms with Crippen LogP contribution in [0.15, 0.2) is 60.9 Å². The predicted molar refractivity (Wildman–Crippen MR) is 206 cm³/mol. The van der Waals surface area contributed by atoms with E-state index in [0.717, 1.165) is 83.8 Å². The molecule has 4 fully saturated rings. The van der Waals surface area contributed by atoms with Crippen LogP contribution >= 0.6 is 0 Å². The second-order valence-electron chi connectivity index (χ2n) is 16.1. The Morgan fingerprint density at radius 1 is 0.818 bits per heavy atom. The van der Waals surface area contributed by atoms with Crippen LogP contribution in [0, 0.1) is 29.6 Å². The number of alkyl carbamates (subject to hydrolysis) is 1. The highest BCUT2D eigenvalue weighted by Crippen LogP contribution is 2.56. The third-order valence-electron chi connectivity index (χ3n) is 12.4. The lowest BCUT2D eigenvalue weighted by molar-refractivity contribution is -0.142. The number of methoxy groups -OCH3 is 1. The van der Waals surface area contributed by atoms with E-state index in [1.54, 1.807) is 0 Å². The van der Waals surface area contributed by atoms with E-state index >= 15 is 0 Å². The van der Waals surface area contributed by atoms with Gasteiger partial charge < -0.3 is 24.9 Å². The second-order valence-corrected chi connectivity index (χ2v) is 16.1. The molecule has 2 saturated heterocycles. The van der Waals surface area contributed by atoms with Crippen molar-refractivity contribution in [3.63, 3.8) is 0 Å². The summed E-state index contributed by atoms with van der Waals surface area (Å²) in [5.74, 6) is 1.78. The molecule has 2 aromatic heterocycles. The maximum Gasteiger partial charge on any atom is 0.407 e. The Kier molecular flexibility index (Phi) is 9.95. The Hall–Kier alpha value is -5.46. The van der Waals surface area contributed by atoms with Crippen molar-refractivity contribution < 1.29 is 23.9 Å². The number of H-pyrrole nitrogens is 2. The van der Waals surface area contributed by atoms with Crippen molar-refractivity contribution in [1.82, 2.24) is 40.6 Å². The monoisotopic (exact) mass is 746 g/mol. The van der Waals surface area contributed by atoms with Crippen LogP contribution in [0.5, 0.6) is 0 Å². The Labute approximate surface area is 321 Å². The normalized spacial score (nSPS) is 25.1. The fourth-order valence-electron chi connectivity index (χ4n) is 9.39. The molecular formula is C42H50N8O5. The highest BCUT2D eigenvalue weighted by molar-refractivity contribution is 5.87. The molecule has 4 amide bonds. The first-order chi connectivity index (χ1) is 26.6. The molecule has 4 aliphatic rings. The number of rotatable bonds is 10. The fraction of sp³-hybridized carbons (Fsp3) is 0.476. The summed E-state index contributed by atoms with van der Waals surface area (Å²) in [6, 6.07) is 15.8. The Morgan fingerprint density at radius 2 is 1.42 bits per heavy atom. The second kappa shape index (κ2) is 15.0. The number of nitrogens with zero attached hydrogens (tertiary/aromatic N) is 4. The molecule has 4 aromatic rings. The van der Waals surface area contributed by atoms with Gasteiger partial charge in [0.05, 0.1) is 42.9 Å². The van der Waals surface area contributed by atoms with E-state index in [2.05, 4.69) is 74.2 Å². The summed E-state index contributed by atoms with van der Waals surface area (Å²) >= 11 is 0. The lowest BCUT2D eigenvalue weighted by atomic mass is 9.78. The van der Waals surface area contributed by atoms with Crippen LogP contribution in [0.2, 0.25) is 0 Å². The number of aromatic nitrogens is 4. The van der Waals surface area contributed by atoms with E-state index in [0.29, 0.717) is 24.9 Å². The number of imidazole rings is 2. The highest BCUT2D eigenvalue weighted by Gasteiger charge is 2.53. The van der Waals surface area contributed by atoms with Crippen molar-refractivity contribution in [2.24, 2.45) is 29.6 Å². The van der Waals surface area contributed by atoms with E-state index in [9.17, 15) is 19.2 Å². The van der Waals surface area contributed by atoms with Crippen molar-refractivity contribution in [3.05, 3.63) is 72.6 Å². The number of amides is 4. The molecule has 0 spiro atoms. The van der Waals surface area contributed by atoms with Crippen molar-refractivity contribution in [1.29, 1.82) is 0 Å². The molecule has 55 heavy (non-hydrogen) atoms. The van der Waals surface area contributed by atoms with Gasteiger partial charge in [-0.1, -0.05) is 69.3 Å². The Morgan fingerprint density at radius 3 is 2.02 bits per heavy atom. The van der Waals surface area contributed by atoms with Gasteiger partial charge in [-0.2, -0.15) is 0 Å². The minimum absolute atomic E-state index is 0.00445. The first-order valence-corrected chi connectivity index (χ1v) is 19.7. The van der Waals surface area contributed by atoms with Crippen molar-refractivity contribution in [2.75, 3.05) is 20.2 Å². The van der Waals surface area contributed by atoms with Gasteiger partial charge in [0.1, 0.15) is 17.7 Å². The average Bonchev–Trinajstić information content (AvgIpc) is 4.06. The first-order valence-electron chi connectivity index (χ1n) is 19.7. The van der Waals surface area contributed by atoms with Gasteiger partial charge in [0.25, 0.3) is 0 Å². The van der Waals surface area contributed by atoms with E-state index in [4.69, 9.17) is 9.72 Å². The molecule has 13 nitrogen and oxygen atoms in total. The van der Waals surface area contributed by atoms with Crippen molar-refractivity contribution in [3.8, 4) is 33.6 Å². The van der Waals surface area contributed by atoms with Crippen molar-refractivity contribution in [2.45, 2.75) is 77.3 Å². The Balaban J connectivity index is 0.923. The molecule has 7 atom stereocenters. The SMILES string of the molecule is COC(=O)N[C@H](C(=O)N1CCC[C@H]1c1ncc(-c2ccc(-c3ccc(-c4cnc([C@@H]5[C@H]6CC[C@H](C6)[C@H]5C(=O)NN5CC[C@H](C)C5=O)[nH]4)cc3)cc2)[nH]1)C(C)C. The van der Waals surface area contributed by atoms with Gasteiger partial charge >= 0.3 is 6.09 Å². The number of hydrazine groups is 1. The number of nitrogens with one attached hydrogen (secondary N) is 4. The standard InChI is InChI=1S/C42H50N8O5/c1-23(2)36(47-42(54)55-4)41(53)49-18-5-6-33(49)37-43-21-31(45-37)27-11-7-25(8-12-27)26-9-13-28(14-10-26)32-22-44-38(46-32)34-29-15-16-30(20-29)35(34)39(51)48-50-19-17-24(3)40(50)52/h7-14,21-24,29-30,33-36H,5-6,15-20H2,1-4H3,(H,43,45)(H,44,46)(H,47,54)(H,48,51)/t24-,29-,30+,33-,34+,35+,36-/m0/s1. The van der Waals surface area contributed by atoms with Crippen LogP contribution < -0.4 is 10.7 Å².